The molecule has 0 bridgehead atoms. The Kier molecular flexibility index (Phi) is 4.28. The largest absolute Gasteiger partial charge is 0.508 e. The molecule has 4 rings (SSSR count). The number of phenolic OH excluding ortho intramolecular Hbond substituents is 1. The summed E-state index contributed by atoms with van der Waals surface area (Å²) in [6.07, 6.45) is 1.22. The van der Waals surface area contributed by atoms with E-state index in [-0.39, 0.29) is 29.9 Å². The Morgan fingerprint density at radius 1 is 1.11 bits per heavy atom. The van der Waals surface area contributed by atoms with Gasteiger partial charge in [0.15, 0.2) is 0 Å². The predicted octanol–water partition coefficient (Wildman–Crippen LogP) is 3.92. The van der Waals surface area contributed by atoms with E-state index in [0.717, 1.165) is 42.5 Å². The molecule has 2 aliphatic carbocycles. The third-order valence-electron chi connectivity index (χ3n) is 6.86. The van der Waals surface area contributed by atoms with E-state index >= 15 is 0 Å². The Morgan fingerprint density at radius 3 is 2.48 bits per heavy atom. The highest BCUT2D eigenvalue weighted by molar-refractivity contribution is 5.44. The second-order valence-corrected chi connectivity index (χ2v) is 8.03. The lowest BCUT2D eigenvalue weighted by molar-refractivity contribution is -0.149. The SMILES string of the molecule is CCC12CC(O)C(O)(c3c(F)cccc3F)CC1CCc1cc(O)ccc12. The number of phenols is 1. The van der Waals surface area contributed by atoms with Gasteiger partial charge >= 0.3 is 0 Å². The molecule has 4 unspecified atom stereocenters. The number of halogens is 2. The van der Waals surface area contributed by atoms with E-state index in [1.54, 1.807) is 12.1 Å². The van der Waals surface area contributed by atoms with Crippen molar-refractivity contribution < 1.29 is 24.1 Å². The van der Waals surface area contributed by atoms with Crippen molar-refractivity contribution >= 4 is 0 Å². The first-order valence-corrected chi connectivity index (χ1v) is 9.49. The molecule has 2 aromatic carbocycles. The maximum atomic E-state index is 14.4. The molecule has 3 nitrogen and oxygen atoms in total. The van der Waals surface area contributed by atoms with Gasteiger partial charge in [0.1, 0.15) is 23.0 Å². The van der Waals surface area contributed by atoms with Crippen LogP contribution >= 0.6 is 0 Å². The summed E-state index contributed by atoms with van der Waals surface area (Å²) in [5.41, 5.74) is -0.655. The highest BCUT2D eigenvalue weighted by Gasteiger charge is 2.56. The van der Waals surface area contributed by atoms with Crippen LogP contribution in [0.4, 0.5) is 8.78 Å². The van der Waals surface area contributed by atoms with Crippen molar-refractivity contribution in [2.75, 3.05) is 0 Å². The molecule has 2 aromatic rings. The van der Waals surface area contributed by atoms with Crippen LogP contribution in [0.15, 0.2) is 36.4 Å². The van der Waals surface area contributed by atoms with Crippen LogP contribution in [0.2, 0.25) is 0 Å². The summed E-state index contributed by atoms with van der Waals surface area (Å²) in [5.74, 6) is -1.48. The molecule has 1 fully saturated rings. The van der Waals surface area contributed by atoms with Gasteiger partial charge in [0, 0.05) is 5.41 Å². The van der Waals surface area contributed by atoms with Gasteiger partial charge in [0.05, 0.1) is 11.7 Å². The zero-order valence-electron chi connectivity index (χ0n) is 15.3. The Balaban J connectivity index is 1.81. The van der Waals surface area contributed by atoms with E-state index in [4.69, 9.17) is 0 Å². The molecule has 0 amide bonds. The number of aliphatic hydroxyl groups is 2. The van der Waals surface area contributed by atoms with Crippen LogP contribution in [0.3, 0.4) is 0 Å². The van der Waals surface area contributed by atoms with Crippen molar-refractivity contribution in [3.05, 3.63) is 64.7 Å². The fourth-order valence-corrected chi connectivity index (χ4v) is 5.50. The minimum absolute atomic E-state index is 0.0213. The lowest BCUT2D eigenvalue weighted by Gasteiger charge is -2.55. The van der Waals surface area contributed by atoms with E-state index in [2.05, 4.69) is 0 Å². The van der Waals surface area contributed by atoms with Crippen LogP contribution < -0.4 is 0 Å². The first-order chi connectivity index (χ1) is 12.8. The summed E-state index contributed by atoms with van der Waals surface area (Å²) in [4.78, 5) is 0. The molecule has 0 saturated heterocycles. The minimum Gasteiger partial charge on any atom is -0.508 e. The van der Waals surface area contributed by atoms with Gasteiger partial charge in [-0.2, -0.15) is 0 Å². The fraction of sp³-hybridized carbons (Fsp3) is 0.455. The fourth-order valence-electron chi connectivity index (χ4n) is 5.50. The molecule has 3 N–H and O–H groups in total. The molecule has 0 spiro atoms. The van der Waals surface area contributed by atoms with Gasteiger partial charge in [-0.25, -0.2) is 8.78 Å². The molecule has 1 saturated carbocycles. The zero-order valence-corrected chi connectivity index (χ0v) is 15.3. The van der Waals surface area contributed by atoms with Crippen LogP contribution in [0.5, 0.6) is 5.75 Å². The number of aryl methyl sites for hydroxylation is 1. The maximum Gasteiger partial charge on any atom is 0.132 e. The first kappa shape index (κ1) is 18.4. The number of fused-ring (bicyclic) bond motifs is 3. The number of aromatic hydroxyl groups is 1. The molecule has 144 valence electrons. The van der Waals surface area contributed by atoms with Gasteiger partial charge in [0.2, 0.25) is 0 Å². The second kappa shape index (κ2) is 6.28. The van der Waals surface area contributed by atoms with E-state index in [0.29, 0.717) is 0 Å². The molecule has 0 radical (unpaired) electrons. The van der Waals surface area contributed by atoms with Crippen molar-refractivity contribution in [1.29, 1.82) is 0 Å². The third kappa shape index (κ3) is 2.59. The first-order valence-electron chi connectivity index (χ1n) is 9.49. The zero-order chi connectivity index (χ0) is 19.4. The number of aliphatic hydroxyl groups excluding tert-OH is 1. The minimum atomic E-state index is -1.95. The molecule has 0 aromatic heterocycles. The second-order valence-electron chi connectivity index (χ2n) is 8.03. The van der Waals surface area contributed by atoms with Crippen LogP contribution in [-0.4, -0.2) is 21.4 Å². The Morgan fingerprint density at radius 2 is 1.81 bits per heavy atom. The van der Waals surface area contributed by atoms with E-state index < -0.39 is 28.9 Å². The van der Waals surface area contributed by atoms with Gasteiger partial charge in [-0.1, -0.05) is 19.1 Å². The standard InChI is InChI=1S/C22H24F2O3/c1-2-21-12-19(26)22(27,20-17(23)4-3-5-18(20)24)11-14(21)7-6-13-10-15(25)8-9-16(13)21/h3-5,8-10,14,19,25-27H,2,6-7,11-12H2,1H3. The van der Waals surface area contributed by atoms with Gasteiger partial charge < -0.3 is 15.3 Å². The quantitative estimate of drug-likeness (QED) is 0.747. The van der Waals surface area contributed by atoms with E-state index in [9.17, 15) is 24.1 Å². The smallest absolute Gasteiger partial charge is 0.132 e. The normalized spacial score (nSPS) is 32.6. The number of benzene rings is 2. The molecule has 27 heavy (non-hydrogen) atoms. The van der Waals surface area contributed by atoms with Gasteiger partial charge in [-0.3, -0.25) is 0 Å². The molecule has 2 aliphatic rings. The lowest BCUT2D eigenvalue weighted by Crippen LogP contribution is -2.56. The highest BCUT2D eigenvalue weighted by Crippen LogP contribution is 2.57. The summed E-state index contributed by atoms with van der Waals surface area (Å²) in [6, 6.07) is 8.77. The predicted molar refractivity (Wildman–Crippen MR) is 97.4 cm³/mol. The molecule has 5 heteroatoms. The van der Waals surface area contributed by atoms with E-state index in [1.807, 2.05) is 13.0 Å². The van der Waals surface area contributed by atoms with Crippen LogP contribution in [0, 0.1) is 17.6 Å². The Labute approximate surface area is 157 Å². The lowest BCUT2D eigenvalue weighted by atomic mass is 9.52. The van der Waals surface area contributed by atoms with Crippen molar-refractivity contribution in [2.45, 2.75) is 56.1 Å². The highest BCUT2D eigenvalue weighted by atomic mass is 19.1. The van der Waals surface area contributed by atoms with Gasteiger partial charge in [-0.15, -0.1) is 0 Å². The number of hydrogen-bond donors (Lipinski definition) is 3. The summed E-state index contributed by atoms with van der Waals surface area (Å²) >= 11 is 0. The summed E-state index contributed by atoms with van der Waals surface area (Å²) < 4.78 is 28.8. The maximum absolute atomic E-state index is 14.4. The third-order valence-corrected chi connectivity index (χ3v) is 6.86. The Bertz CT molecular complexity index is 864. The van der Waals surface area contributed by atoms with Gasteiger partial charge in [-0.05, 0) is 73.4 Å². The van der Waals surface area contributed by atoms with Crippen LogP contribution in [0.25, 0.3) is 0 Å². The van der Waals surface area contributed by atoms with Crippen LogP contribution in [0.1, 0.15) is 49.3 Å². The summed E-state index contributed by atoms with van der Waals surface area (Å²) in [5, 5.41) is 32.0. The molecular formula is C22H24F2O3. The average Bonchev–Trinajstić information content (AvgIpc) is 2.62. The average molecular weight is 374 g/mol. The molecular weight excluding hydrogens is 350 g/mol. The summed E-state index contributed by atoms with van der Waals surface area (Å²) in [7, 11) is 0. The van der Waals surface area contributed by atoms with Crippen molar-refractivity contribution in [2.24, 2.45) is 5.92 Å². The molecule has 0 aliphatic heterocycles. The van der Waals surface area contributed by atoms with Crippen molar-refractivity contribution in [3.63, 3.8) is 0 Å². The number of hydrogen-bond acceptors (Lipinski definition) is 3. The topological polar surface area (TPSA) is 60.7 Å². The van der Waals surface area contributed by atoms with E-state index in [1.165, 1.54) is 6.07 Å². The van der Waals surface area contributed by atoms with Crippen LogP contribution in [-0.2, 0) is 17.4 Å². The molecule has 4 atom stereocenters. The number of rotatable bonds is 2. The Hall–Kier alpha value is -1.98. The van der Waals surface area contributed by atoms with Gasteiger partial charge in [0.25, 0.3) is 0 Å². The molecule has 0 heterocycles. The summed E-state index contributed by atoms with van der Waals surface area (Å²) in [6.45, 7) is 2.04. The van der Waals surface area contributed by atoms with Crippen molar-refractivity contribution in [3.8, 4) is 5.75 Å². The monoisotopic (exact) mass is 374 g/mol. The van der Waals surface area contributed by atoms with Crippen molar-refractivity contribution in [1.82, 2.24) is 0 Å².